The third kappa shape index (κ3) is 27.3. The summed E-state index contributed by atoms with van der Waals surface area (Å²) < 4.78 is 0. The zero-order valence-electron chi connectivity index (χ0n) is 37.9. The number of aliphatic imine (C=N–C) groups is 4. The minimum absolute atomic E-state index is 0.0130. The normalized spacial score (nSPS) is 14.0. The molecular formula is C38H76N20O7. The molecule has 0 aliphatic carbocycles. The molecule has 65 heavy (non-hydrogen) atoms. The maximum absolute atomic E-state index is 14.2. The number of hydrogen-bond acceptors (Lipinski definition) is 13. The van der Waals surface area contributed by atoms with Crippen LogP contribution in [0, 0.1) is 5.92 Å². The van der Waals surface area contributed by atoms with E-state index in [0.29, 0.717) is 32.1 Å². The van der Waals surface area contributed by atoms with Gasteiger partial charge in [0.05, 0.1) is 12.1 Å². The van der Waals surface area contributed by atoms with E-state index in [0.717, 1.165) is 0 Å². The van der Waals surface area contributed by atoms with Crippen molar-refractivity contribution in [1.29, 1.82) is 0 Å². The quantitative estimate of drug-likeness (QED) is 0.0123. The number of nitrogens with zero attached hydrogens (tertiary/aromatic N) is 4. The molecule has 27 heteroatoms. The predicted octanol–water partition coefficient (Wildman–Crippen LogP) is -6.56. The molecule has 0 bridgehead atoms. The van der Waals surface area contributed by atoms with Crippen molar-refractivity contribution in [3.63, 3.8) is 0 Å². The van der Waals surface area contributed by atoms with Gasteiger partial charge in [-0.2, -0.15) is 0 Å². The van der Waals surface area contributed by atoms with Crippen LogP contribution in [0.4, 0.5) is 0 Å². The standard InChI is InChI=1S/C38H76N20O7/c1-21(2)28(34(65)53-22(3)20-59)58-33(64)27(14-9-19-52-38(47)48)57-32(63)26(13-8-18-51-37(45)46)56-31(62)25(12-7-17-50-36(43)44)55-30(61)24(11-4-5-15-39)54-29(60)23(40)10-6-16-49-35(41)42/h20-28H,4-19,39-40H2,1-3H3,(H,53,65)(H,54,60)(H,55,61)(H,56,62)(H,57,63)(H,58,64)(H4,41,42,49)(H4,43,44,50)(H4,45,46,51)(H4,47,48,52)/t22-,23-,24-,25-,26-,27-,28-/m0/s1. The van der Waals surface area contributed by atoms with Crippen molar-refractivity contribution in [3.8, 4) is 0 Å². The SMILES string of the molecule is CC(C)[C@H](NC(=O)[C@H](CCCN=C(N)N)NC(=O)[C@H](CCCN=C(N)N)NC(=O)[C@H](CCCN=C(N)N)NC(=O)[C@H](CCCCN)NC(=O)[C@@H](N)CCCN=C(N)N)C(=O)N[C@@H](C)C=O. The zero-order chi connectivity index (χ0) is 49.5. The maximum Gasteiger partial charge on any atom is 0.243 e. The molecule has 370 valence electrons. The third-order valence-corrected chi connectivity index (χ3v) is 9.44. The van der Waals surface area contributed by atoms with Gasteiger partial charge in [0.1, 0.15) is 36.5 Å². The van der Waals surface area contributed by atoms with Crippen molar-refractivity contribution in [2.75, 3.05) is 32.7 Å². The number of nitrogens with two attached hydrogens (primary N) is 10. The Balaban J connectivity index is 6.76. The van der Waals surface area contributed by atoms with Crippen molar-refractivity contribution < 1.29 is 33.6 Å². The van der Waals surface area contributed by atoms with Crippen LogP contribution in [0.3, 0.4) is 0 Å². The van der Waals surface area contributed by atoms with E-state index in [9.17, 15) is 33.6 Å². The first-order chi connectivity index (χ1) is 30.6. The molecule has 0 heterocycles. The second-order valence-corrected chi connectivity index (χ2v) is 15.6. The minimum Gasteiger partial charge on any atom is -0.370 e. The number of nitrogens with one attached hydrogen (secondary N) is 6. The first-order valence-corrected chi connectivity index (χ1v) is 21.6. The van der Waals surface area contributed by atoms with Crippen molar-refractivity contribution >= 4 is 65.6 Å². The third-order valence-electron chi connectivity index (χ3n) is 9.44. The lowest BCUT2D eigenvalue weighted by Gasteiger charge is -2.28. The fourth-order valence-electron chi connectivity index (χ4n) is 5.96. The van der Waals surface area contributed by atoms with Crippen LogP contribution in [0.15, 0.2) is 20.0 Å². The molecule has 0 rings (SSSR count). The predicted molar refractivity (Wildman–Crippen MR) is 249 cm³/mol. The molecule has 0 aliphatic heterocycles. The number of unbranched alkanes of at least 4 members (excludes halogenated alkanes) is 1. The first-order valence-electron chi connectivity index (χ1n) is 21.6. The number of guanidine groups is 4. The molecule has 0 unspecified atom stereocenters. The summed E-state index contributed by atoms with van der Waals surface area (Å²) in [5, 5.41) is 15.9. The van der Waals surface area contributed by atoms with Gasteiger partial charge in [0.15, 0.2) is 23.8 Å². The molecule has 0 aromatic heterocycles. The Morgan fingerprint density at radius 2 is 0.769 bits per heavy atom. The van der Waals surface area contributed by atoms with Gasteiger partial charge in [-0.15, -0.1) is 0 Å². The molecule has 0 aromatic rings. The van der Waals surface area contributed by atoms with Gasteiger partial charge in [0, 0.05) is 26.2 Å². The van der Waals surface area contributed by atoms with E-state index in [2.05, 4.69) is 51.9 Å². The summed E-state index contributed by atoms with van der Waals surface area (Å²) in [6.07, 6.45) is 2.71. The number of hydrogen-bond donors (Lipinski definition) is 16. The van der Waals surface area contributed by atoms with Gasteiger partial charge in [-0.05, 0) is 90.0 Å². The van der Waals surface area contributed by atoms with E-state index in [1.807, 2.05) is 0 Å². The molecule has 0 saturated heterocycles. The van der Waals surface area contributed by atoms with Crippen LogP contribution in [-0.2, 0) is 33.6 Å². The highest BCUT2D eigenvalue weighted by Crippen LogP contribution is 2.10. The number of amides is 6. The van der Waals surface area contributed by atoms with Crippen LogP contribution < -0.4 is 89.2 Å². The highest BCUT2D eigenvalue weighted by molar-refractivity contribution is 5.97. The minimum atomic E-state index is -1.34. The fourth-order valence-corrected chi connectivity index (χ4v) is 5.96. The molecule has 0 fully saturated rings. The largest absolute Gasteiger partial charge is 0.370 e. The first kappa shape index (κ1) is 58.5. The van der Waals surface area contributed by atoms with Crippen LogP contribution in [0.1, 0.15) is 91.4 Å². The summed E-state index contributed by atoms with van der Waals surface area (Å²) in [6, 6.07) is -8.00. The Morgan fingerprint density at radius 3 is 1.09 bits per heavy atom. The summed E-state index contributed by atoms with van der Waals surface area (Å²) in [5.41, 5.74) is 55.4. The molecule has 0 aliphatic rings. The smallest absolute Gasteiger partial charge is 0.243 e. The molecular weight excluding hydrogens is 849 g/mol. The van der Waals surface area contributed by atoms with Crippen LogP contribution >= 0.6 is 0 Å². The fraction of sp³-hybridized carbons (Fsp3) is 0.711. The lowest BCUT2D eigenvalue weighted by Crippen LogP contribution is -2.60. The van der Waals surface area contributed by atoms with Crippen molar-refractivity contribution in [1.82, 2.24) is 31.9 Å². The maximum atomic E-state index is 14.2. The van der Waals surface area contributed by atoms with E-state index < -0.39 is 83.7 Å². The number of rotatable bonds is 34. The molecule has 27 nitrogen and oxygen atoms in total. The molecule has 0 saturated carbocycles. The molecule has 0 radical (unpaired) electrons. The Labute approximate surface area is 380 Å². The van der Waals surface area contributed by atoms with E-state index in [1.54, 1.807) is 13.8 Å². The Kier molecular flexibility index (Phi) is 29.8. The number of carbonyl (C=O) groups excluding carboxylic acids is 7. The zero-order valence-corrected chi connectivity index (χ0v) is 37.9. The second-order valence-electron chi connectivity index (χ2n) is 15.6. The van der Waals surface area contributed by atoms with Crippen LogP contribution in [-0.4, -0.2) is 141 Å². The van der Waals surface area contributed by atoms with E-state index in [1.165, 1.54) is 6.92 Å². The van der Waals surface area contributed by atoms with Gasteiger partial charge in [-0.1, -0.05) is 13.8 Å². The monoisotopic (exact) mass is 925 g/mol. The molecule has 0 aromatic carbocycles. The average molecular weight is 925 g/mol. The Bertz CT molecular complexity index is 1630. The molecule has 0 spiro atoms. The summed E-state index contributed by atoms with van der Waals surface area (Å²) in [5.74, 6) is -5.47. The van der Waals surface area contributed by atoms with Crippen molar-refractivity contribution in [3.05, 3.63) is 0 Å². The van der Waals surface area contributed by atoms with Crippen molar-refractivity contribution in [2.45, 2.75) is 134 Å². The highest BCUT2D eigenvalue weighted by Gasteiger charge is 2.33. The summed E-state index contributed by atoms with van der Waals surface area (Å²) in [7, 11) is 0. The lowest BCUT2D eigenvalue weighted by atomic mass is 10.0. The van der Waals surface area contributed by atoms with Crippen LogP contribution in [0.5, 0.6) is 0 Å². The molecule has 6 amide bonds. The number of carbonyl (C=O) groups is 7. The summed E-state index contributed by atoms with van der Waals surface area (Å²) >= 11 is 0. The van der Waals surface area contributed by atoms with Gasteiger partial charge in [-0.25, -0.2) is 0 Å². The highest BCUT2D eigenvalue weighted by atomic mass is 16.2. The average Bonchev–Trinajstić information content (AvgIpc) is 3.23. The second kappa shape index (κ2) is 33.1. The topological polar surface area (TPSA) is 501 Å². The number of aldehydes is 1. The van der Waals surface area contributed by atoms with Crippen LogP contribution in [0.2, 0.25) is 0 Å². The molecule has 7 atom stereocenters. The summed E-state index contributed by atoms with van der Waals surface area (Å²) in [4.78, 5) is 109. The van der Waals surface area contributed by atoms with Crippen LogP contribution in [0.25, 0.3) is 0 Å². The van der Waals surface area contributed by atoms with E-state index in [4.69, 9.17) is 57.3 Å². The van der Waals surface area contributed by atoms with Gasteiger partial charge < -0.3 is 94.0 Å². The Hall–Kier alpha value is -6.51. The van der Waals surface area contributed by atoms with Gasteiger partial charge in [0.25, 0.3) is 0 Å². The van der Waals surface area contributed by atoms with Gasteiger partial charge >= 0.3 is 0 Å². The molecule has 26 N–H and O–H groups in total. The van der Waals surface area contributed by atoms with Gasteiger partial charge in [-0.3, -0.25) is 48.7 Å². The van der Waals surface area contributed by atoms with E-state index in [-0.39, 0.29) is 101 Å². The van der Waals surface area contributed by atoms with Crippen molar-refractivity contribution in [2.24, 2.45) is 83.2 Å². The lowest BCUT2D eigenvalue weighted by molar-refractivity contribution is -0.135. The van der Waals surface area contributed by atoms with Gasteiger partial charge in [0.2, 0.25) is 35.4 Å². The Morgan fingerprint density at radius 1 is 0.446 bits per heavy atom. The van der Waals surface area contributed by atoms with E-state index >= 15 is 0 Å². The summed E-state index contributed by atoms with van der Waals surface area (Å²) in [6.45, 7) is 5.62.